The van der Waals surface area contributed by atoms with Crippen molar-refractivity contribution in [3.05, 3.63) is 29.8 Å². The van der Waals surface area contributed by atoms with E-state index in [0.29, 0.717) is 24.9 Å². The van der Waals surface area contributed by atoms with Gasteiger partial charge < -0.3 is 20.3 Å². The van der Waals surface area contributed by atoms with E-state index in [4.69, 9.17) is 9.73 Å². The number of ether oxygens (including phenoxy) is 1. The van der Waals surface area contributed by atoms with Crippen LogP contribution in [-0.4, -0.2) is 49.0 Å². The molecule has 160 valence electrons. The fourth-order valence-electron chi connectivity index (χ4n) is 3.77. The van der Waals surface area contributed by atoms with Crippen molar-refractivity contribution in [3.8, 4) is 5.75 Å². The number of carbonyl (C=O) groups is 1. The summed E-state index contributed by atoms with van der Waals surface area (Å²) in [5.41, 5.74) is 1.11. The molecule has 0 aromatic heterocycles. The topological polar surface area (TPSA) is 66.0 Å². The van der Waals surface area contributed by atoms with E-state index >= 15 is 0 Å². The predicted molar refractivity (Wildman–Crippen MR) is 117 cm³/mol. The van der Waals surface area contributed by atoms with Crippen LogP contribution < -0.4 is 15.4 Å². The third-order valence-corrected chi connectivity index (χ3v) is 5.69. The number of guanidine groups is 1. The van der Waals surface area contributed by atoms with Gasteiger partial charge in [-0.15, -0.1) is 0 Å². The predicted octanol–water partition coefficient (Wildman–Crippen LogP) is 3.32. The highest BCUT2D eigenvalue weighted by Crippen LogP contribution is 2.30. The molecule has 1 unspecified atom stereocenters. The van der Waals surface area contributed by atoms with E-state index in [0.717, 1.165) is 68.7 Å². The number of nitrogens with zero attached hydrogens (tertiary/aromatic N) is 2. The molecule has 2 N–H and O–H groups in total. The van der Waals surface area contributed by atoms with Gasteiger partial charge in [-0.1, -0.05) is 25.1 Å². The molecular formula is C23H36N4O2. The van der Waals surface area contributed by atoms with Gasteiger partial charge in [0, 0.05) is 37.7 Å². The van der Waals surface area contributed by atoms with Crippen molar-refractivity contribution in [3.63, 3.8) is 0 Å². The molecule has 1 aliphatic carbocycles. The quantitative estimate of drug-likeness (QED) is 0.442. The zero-order chi connectivity index (χ0) is 20.5. The maximum Gasteiger partial charge on any atom is 0.222 e. The van der Waals surface area contributed by atoms with Crippen LogP contribution in [0.4, 0.5) is 0 Å². The van der Waals surface area contributed by atoms with Crippen LogP contribution in [0, 0.1) is 5.92 Å². The molecule has 0 radical (unpaired) electrons. The van der Waals surface area contributed by atoms with E-state index in [-0.39, 0.29) is 0 Å². The van der Waals surface area contributed by atoms with Crippen molar-refractivity contribution in [1.82, 2.24) is 15.5 Å². The van der Waals surface area contributed by atoms with Gasteiger partial charge in [-0.2, -0.15) is 0 Å². The number of nitrogens with one attached hydrogen (secondary N) is 2. The Hall–Kier alpha value is -2.24. The van der Waals surface area contributed by atoms with E-state index in [1.165, 1.54) is 12.8 Å². The van der Waals surface area contributed by atoms with Crippen molar-refractivity contribution >= 4 is 11.9 Å². The second-order valence-electron chi connectivity index (χ2n) is 8.03. The Morgan fingerprint density at radius 3 is 2.79 bits per heavy atom. The summed E-state index contributed by atoms with van der Waals surface area (Å²) in [6, 6.07) is 8.49. The zero-order valence-corrected chi connectivity index (χ0v) is 18.0. The molecule has 2 fully saturated rings. The number of hydrogen-bond acceptors (Lipinski definition) is 3. The number of para-hydroxylation sites is 1. The van der Waals surface area contributed by atoms with Crippen LogP contribution in [0.25, 0.3) is 0 Å². The Labute approximate surface area is 175 Å². The maximum atomic E-state index is 12.0. The van der Waals surface area contributed by atoms with Crippen molar-refractivity contribution in [2.75, 3.05) is 26.2 Å². The van der Waals surface area contributed by atoms with Gasteiger partial charge in [0.25, 0.3) is 0 Å². The van der Waals surface area contributed by atoms with Gasteiger partial charge in [0.15, 0.2) is 5.96 Å². The highest BCUT2D eigenvalue weighted by atomic mass is 16.5. The molecule has 1 amide bonds. The first-order chi connectivity index (χ1) is 14.2. The molecule has 1 atom stereocenters. The minimum absolute atomic E-state index is 0.306. The molecule has 29 heavy (non-hydrogen) atoms. The maximum absolute atomic E-state index is 12.0. The van der Waals surface area contributed by atoms with Gasteiger partial charge in [-0.3, -0.25) is 4.79 Å². The number of hydrogen-bond donors (Lipinski definition) is 2. The molecule has 2 aliphatic rings. The summed E-state index contributed by atoms with van der Waals surface area (Å²) in [5.74, 6) is 2.80. The zero-order valence-electron chi connectivity index (χ0n) is 18.0. The van der Waals surface area contributed by atoms with Gasteiger partial charge in [0.1, 0.15) is 5.75 Å². The number of likely N-dealkylation sites (tertiary alicyclic amines) is 1. The summed E-state index contributed by atoms with van der Waals surface area (Å²) < 4.78 is 6.00. The van der Waals surface area contributed by atoms with Gasteiger partial charge in [-0.25, -0.2) is 4.99 Å². The smallest absolute Gasteiger partial charge is 0.222 e. The Bertz CT molecular complexity index is 687. The second-order valence-corrected chi connectivity index (χ2v) is 8.03. The fourth-order valence-corrected chi connectivity index (χ4v) is 3.77. The van der Waals surface area contributed by atoms with Crippen LogP contribution >= 0.6 is 0 Å². The van der Waals surface area contributed by atoms with Crippen LogP contribution in [0.1, 0.15) is 57.9 Å². The lowest BCUT2D eigenvalue weighted by Gasteiger charge is -2.27. The third kappa shape index (κ3) is 6.65. The highest BCUT2D eigenvalue weighted by Gasteiger charge is 2.26. The SMILES string of the molecule is CCNC(=NCc1ccccc1OCC1CC1)NCCC(CC)N1CCCC1=O. The molecule has 0 bridgehead atoms. The van der Waals surface area contributed by atoms with Gasteiger partial charge >= 0.3 is 0 Å². The van der Waals surface area contributed by atoms with Crippen molar-refractivity contribution in [1.29, 1.82) is 0 Å². The molecular weight excluding hydrogens is 364 g/mol. The fraction of sp³-hybridized carbons (Fsp3) is 0.652. The normalized spacial score (nSPS) is 18.1. The Kier molecular flexibility index (Phi) is 8.20. The summed E-state index contributed by atoms with van der Waals surface area (Å²) in [5, 5.41) is 6.75. The van der Waals surface area contributed by atoms with Crippen LogP contribution in [-0.2, 0) is 11.3 Å². The first-order valence-corrected chi connectivity index (χ1v) is 11.2. The molecule has 1 saturated heterocycles. The average Bonchev–Trinajstić information content (AvgIpc) is 3.48. The molecule has 1 heterocycles. The lowest BCUT2D eigenvalue weighted by Crippen LogP contribution is -2.42. The van der Waals surface area contributed by atoms with Crippen molar-refractivity contribution in [2.24, 2.45) is 10.9 Å². The van der Waals surface area contributed by atoms with Gasteiger partial charge in [0.05, 0.1) is 13.2 Å². The molecule has 1 aliphatic heterocycles. The van der Waals surface area contributed by atoms with E-state index in [1.807, 2.05) is 18.2 Å². The van der Waals surface area contributed by atoms with E-state index in [1.54, 1.807) is 0 Å². The Morgan fingerprint density at radius 2 is 2.10 bits per heavy atom. The number of amides is 1. The molecule has 1 saturated carbocycles. The molecule has 0 spiro atoms. The van der Waals surface area contributed by atoms with Crippen LogP contribution in [0.3, 0.4) is 0 Å². The summed E-state index contributed by atoms with van der Waals surface area (Å²) in [7, 11) is 0. The second kappa shape index (κ2) is 11.1. The Balaban J connectivity index is 1.52. The first-order valence-electron chi connectivity index (χ1n) is 11.2. The summed E-state index contributed by atoms with van der Waals surface area (Å²) in [6.07, 6.45) is 6.21. The van der Waals surface area contributed by atoms with Gasteiger partial charge in [0.2, 0.25) is 5.91 Å². The standard InChI is InChI=1S/C23H36N4O2/c1-3-20(27-15-7-10-22(27)28)13-14-25-23(24-4-2)26-16-19-8-5-6-9-21(19)29-17-18-11-12-18/h5-6,8-9,18,20H,3-4,7,10-17H2,1-2H3,(H2,24,25,26). The largest absolute Gasteiger partial charge is 0.493 e. The van der Waals surface area contributed by atoms with Crippen LogP contribution in [0.2, 0.25) is 0 Å². The summed E-state index contributed by atoms with van der Waals surface area (Å²) in [4.78, 5) is 18.8. The lowest BCUT2D eigenvalue weighted by molar-refractivity contribution is -0.129. The monoisotopic (exact) mass is 400 g/mol. The number of benzene rings is 1. The molecule has 1 aromatic rings. The number of carbonyl (C=O) groups excluding carboxylic acids is 1. The van der Waals surface area contributed by atoms with E-state index in [9.17, 15) is 4.79 Å². The molecule has 1 aromatic carbocycles. The van der Waals surface area contributed by atoms with E-state index in [2.05, 4.69) is 35.4 Å². The lowest BCUT2D eigenvalue weighted by atomic mass is 10.1. The highest BCUT2D eigenvalue weighted by molar-refractivity contribution is 5.80. The van der Waals surface area contributed by atoms with Crippen LogP contribution in [0.5, 0.6) is 5.75 Å². The third-order valence-electron chi connectivity index (χ3n) is 5.69. The van der Waals surface area contributed by atoms with Gasteiger partial charge in [-0.05, 0) is 51.0 Å². The summed E-state index contributed by atoms with van der Waals surface area (Å²) in [6.45, 7) is 8.14. The number of rotatable bonds is 11. The molecule has 6 nitrogen and oxygen atoms in total. The summed E-state index contributed by atoms with van der Waals surface area (Å²) >= 11 is 0. The minimum atomic E-state index is 0.306. The average molecular weight is 401 g/mol. The Morgan fingerprint density at radius 1 is 1.28 bits per heavy atom. The minimum Gasteiger partial charge on any atom is -0.493 e. The van der Waals surface area contributed by atoms with Crippen molar-refractivity contribution < 1.29 is 9.53 Å². The number of aliphatic imine (C=N–C) groups is 1. The van der Waals surface area contributed by atoms with Crippen LogP contribution in [0.15, 0.2) is 29.3 Å². The van der Waals surface area contributed by atoms with Crippen molar-refractivity contribution in [2.45, 2.75) is 65.0 Å². The van der Waals surface area contributed by atoms with E-state index < -0.39 is 0 Å². The first kappa shape index (κ1) is 21.5. The molecule has 6 heteroatoms. The molecule has 3 rings (SSSR count).